The van der Waals surface area contributed by atoms with E-state index in [1.807, 2.05) is 55.5 Å². The third-order valence-electron chi connectivity index (χ3n) is 4.15. The van der Waals surface area contributed by atoms with Crippen LogP contribution < -0.4 is 0 Å². The second kappa shape index (κ2) is 18.1. The van der Waals surface area contributed by atoms with Crippen LogP contribution in [-0.2, 0) is 9.47 Å². The zero-order valence-corrected chi connectivity index (χ0v) is 22.0. The van der Waals surface area contributed by atoms with Crippen molar-refractivity contribution in [3.05, 3.63) is 0 Å². The zero-order chi connectivity index (χ0) is 18.2. The lowest BCUT2D eigenvalue weighted by Gasteiger charge is -2.17. The second-order valence-corrected chi connectivity index (χ2v) is 19.5. The molecule has 24 heavy (non-hydrogen) atoms. The molecule has 0 aliphatic carbocycles. The molecule has 0 rings (SSSR count). The summed E-state index contributed by atoms with van der Waals surface area (Å²) >= 11 is 0. The average molecular weight is 447 g/mol. The molecule has 0 saturated carbocycles. The maximum Gasteiger partial charge on any atom is 0.0655 e. The quantitative estimate of drug-likeness (QED) is 0.152. The second-order valence-electron chi connectivity index (χ2n) is 6.81. The largest absolute Gasteiger partial charge is 0.385 e. The summed E-state index contributed by atoms with van der Waals surface area (Å²) in [5.74, 6) is 2.53. The lowest BCUT2D eigenvalue weighted by molar-refractivity contribution is 0.152. The molecule has 0 N–H and O–H groups in total. The van der Waals surface area contributed by atoms with Gasteiger partial charge < -0.3 is 9.47 Å². The van der Waals surface area contributed by atoms with Crippen LogP contribution in [0.5, 0.6) is 0 Å². The predicted molar refractivity (Wildman–Crippen MR) is 127 cm³/mol. The van der Waals surface area contributed by atoms with Crippen molar-refractivity contribution in [1.29, 1.82) is 0 Å². The number of methoxy groups -OCH3 is 2. The fraction of sp³-hybridized carbons (Fsp3) is 1.00. The molecule has 0 heterocycles. The molecule has 2 nitrogen and oxygen atoms in total. The Labute approximate surface area is 169 Å². The van der Waals surface area contributed by atoms with Gasteiger partial charge >= 0.3 is 0 Å². The molecular weight excluding hydrogens is 409 g/mol. The van der Waals surface area contributed by atoms with Crippen molar-refractivity contribution in [1.82, 2.24) is 0 Å². The molecule has 0 radical (unpaired) electrons. The highest BCUT2D eigenvalue weighted by atomic mass is 33.7. The molecule has 0 spiro atoms. The van der Waals surface area contributed by atoms with Crippen LogP contribution in [0.2, 0.25) is 26.2 Å². The molecule has 2 atom stereocenters. The number of rotatable bonds is 17. The van der Waals surface area contributed by atoms with Crippen molar-refractivity contribution in [2.45, 2.75) is 76.2 Å². The maximum atomic E-state index is 5.58. The van der Waals surface area contributed by atoms with Gasteiger partial charge in [-0.1, -0.05) is 60.6 Å². The van der Waals surface area contributed by atoms with Gasteiger partial charge in [0.25, 0.3) is 0 Å². The van der Waals surface area contributed by atoms with E-state index in [1.165, 1.54) is 50.0 Å². The molecule has 0 fully saturated rings. The zero-order valence-electron chi connectivity index (χ0n) is 16.4. The van der Waals surface area contributed by atoms with Gasteiger partial charge in [-0.2, -0.15) is 0 Å². The minimum absolute atomic E-state index is 0.573. The fourth-order valence-corrected chi connectivity index (χ4v) is 11.7. The van der Waals surface area contributed by atoms with Crippen molar-refractivity contribution >= 4 is 58.8 Å². The molecule has 0 aromatic rings. The molecule has 2 unspecified atom stereocenters. The van der Waals surface area contributed by atoms with Gasteiger partial charge in [0, 0.05) is 37.2 Å². The maximum absolute atomic E-state index is 5.58. The van der Waals surface area contributed by atoms with Crippen LogP contribution in [0.15, 0.2) is 0 Å². The van der Waals surface area contributed by atoms with Crippen LogP contribution in [-0.4, -0.2) is 54.8 Å². The fourth-order valence-electron chi connectivity index (χ4n) is 2.57. The summed E-state index contributed by atoms with van der Waals surface area (Å²) in [4.78, 5) is 0. The van der Waals surface area contributed by atoms with E-state index in [0.29, 0.717) is 11.5 Å². The molecular formula is C16H38O2S4Si2. The van der Waals surface area contributed by atoms with E-state index >= 15 is 0 Å². The van der Waals surface area contributed by atoms with Gasteiger partial charge in [0.15, 0.2) is 0 Å². The van der Waals surface area contributed by atoms with E-state index in [2.05, 4.69) is 26.2 Å². The highest BCUT2D eigenvalue weighted by molar-refractivity contribution is 9.26. The number of hydrogen-bond donors (Lipinski definition) is 0. The third-order valence-corrected chi connectivity index (χ3v) is 15.0. The Morgan fingerprint density at radius 3 is 1.33 bits per heavy atom. The first kappa shape index (κ1) is 25.8. The molecule has 0 amide bonds. The Bertz CT molecular complexity index is 248. The third kappa shape index (κ3) is 14.9. The summed E-state index contributed by atoms with van der Waals surface area (Å²) in [6, 6.07) is 0. The molecule has 0 bridgehead atoms. The van der Waals surface area contributed by atoms with E-state index in [9.17, 15) is 0 Å². The molecule has 8 heteroatoms. The molecule has 0 aromatic heterocycles. The summed E-state index contributed by atoms with van der Waals surface area (Å²) in [6.07, 6.45) is 7.79. The number of ether oxygens (including phenoxy) is 2. The summed E-state index contributed by atoms with van der Waals surface area (Å²) in [5.41, 5.74) is 1.15. The van der Waals surface area contributed by atoms with Crippen LogP contribution in [0.4, 0.5) is 0 Å². The minimum Gasteiger partial charge on any atom is -0.385 e. The topological polar surface area (TPSA) is 18.5 Å². The summed E-state index contributed by atoms with van der Waals surface area (Å²) in [5, 5.41) is 0. The first-order valence-electron chi connectivity index (χ1n) is 9.16. The van der Waals surface area contributed by atoms with Gasteiger partial charge in [-0.15, -0.1) is 0 Å². The SMILES string of the molecule is COC(CCCCSSSSCCCCC(OC)[SiH](C)C)[SiH](C)C. The van der Waals surface area contributed by atoms with Crippen molar-refractivity contribution in [2.75, 3.05) is 25.7 Å². The van der Waals surface area contributed by atoms with E-state index in [0.717, 1.165) is 0 Å². The Morgan fingerprint density at radius 1 is 0.667 bits per heavy atom. The van der Waals surface area contributed by atoms with E-state index in [4.69, 9.17) is 9.47 Å². The molecule has 0 aliphatic heterocycles. The van der Waals surface area contributed by atoms with Gasteiger partial charge in [-0.25, -0.2) is 0 Å². The summed E-state index contributed by atoms with van der Waals surface area (Å²) in [7, 11) is 10.4. The van der Waals surface area contributed by atoms with Gasteiger partial charge in [0.2, 0.25) is 0 Å². The van der Waals surface area contributed by atoms with Crippen LogP contribution in [0.25, 0.3) is 0 Å². The van der Waals surface area contributed by atoms with Crippen LogP contribution in [0.1, 0.15) is 38.5 Å². The monoisotopic (exact) mass is 446 g/mol. The lowest BCUT2D eigenvalue weighted by atomic mass is 10.3. The Hall–Kier alpha value is 1.75. The first-order valence-corrected chi connectivity index (χ1v) is 20.3. The Morgan fingerprint density at radius 2 is 1.04 bits per heavy atom. The molecule has 0 aliphatic rings. The number of unbranched alkanes of at least 4 members (excludes halogenated alkanes) is 2. The van der Waals surface area contributed by atoms with Gasteiger partial charge in [-0.3, -0.25) is 0 Å². The minimum atomic E-state index is -0.632. The predicted octanol–water partition coefficient (Wildman–Crippen LogP) is 6.09. The van der Waals surface area contributed by atoms with Crippen molar-refractivity contribution in [3.8, 4) is 0 Å². The standard InChI is InChI=1S/C16H38O2S4Si2/c1-17-15(23(3)4)11-7-9-13-19-21-22-20-14-10-8-12-16(18-2)24(5)6/h15-16,23-24H,7-14H2,1-6H3. The Balaban J connectivity index is 3.28. The summed E-state index contributed by atoms with van der Waals surface area (Å²) in [6.45, 7) is 9.53. The smallest absolute Gasteiger partial charge is 0.0655 e. The normalized spacial score (nSPS) is 14.5. The van der Waals surface area contributed by atoms with E-state index < -0.39 is 17.6 Å². The van der Waals surface area contributed by atoms with Crippen molar-refractivity contribution in [3.63, 3.8) is 0 Å². The number of hydrogen-bond acceptors (Lipinski definition) is 6. The highest BCUT2D eigenvalue weighted by Gasteiger charge is 2.13. The van der Waals surface area contributed by atoms with E-state index in [1.54, 1.807) is 0 Å². The van der Waals surface area contributed by atoms with Crippen LogP contribution >= 0.6 is 41.2 Å². The van der Waals surface area contributed by atoms with Crippen molar-refractivity contribution in [2.24, 2.45) is 0 Å². The average Bonchev–Trinajstić information content (AvgIpc) is 2.54. The van der Waals surface area contributed by atoms with Crippen LogP contribution in [0, 0.1) is 0 Å². The molecule has 0 saturated heterocycles. The van der Waals surface area contributed by atoms with Gasteiger partial charge in [0.1, 0.15) is 0 Å². The summed E-state index contributed by atoms with van der Waals surface area (Å²) < 4.78 is 11.2. The van der Waals surface area contributed by atoms with Crippen LogP contribution in [0.3, 0.4) is 0 Å². The lowest BCUT2D eigenvalue weighted by Crippen LogP contribution is -2.26. The van der Waals surface area contributed by atoms with Gasteiger partial charge in [-0.05, 0) is 45.3 Å². The molecule has 146 valence electrons. The highest BCUT2D eigenvalue weighted by Crippen LogP contribution is 2.43. The van der Waals surface area contributed by atoms with Crippen molar-refractivity contribution < 1.29 is 9.47 Å². The Kier molecular flexibility index (Phi) is 19.5. The first-order chi connectivity index (χ1) is 11.5. The van der Waals surface area contributed by atoms with Gasteiger partial charge in [0.05, 0.1) is 17.6 Å². The van der Waals surface area contributed by atoms with E-state index in [-0.39, 0.29) is 0 Å². The molecule has 0 aromatic carbocycles.